The molecule has 1 amide bonds. The number of rotatable bonds is 3. The Morgan fingerprint density at radius 3 is 3.00 bits per heavy atom. The van der Waals surface area contributed by atoms with Crippen molar-refractivity contribution in [3.63, 3.8) is 0 Å². The van der Waals surface area contributed by atoms with Crippen LogP contribution in [-0.2, 0) is 30.6 Å². The summed E-state index contributed by atoms with van der Waals surface area (Å²) in [6, 6.07) is 6.81. The number of fused-ring (bicyclic) bond motifs is 2. The monoisotopic (exact) mass is 323 g/mol. The number of aromatic nitrogens is 2. The number of carbonyl (C=O) groups excluding carboxylic acids is 1. The van der Waals surface area contributed by atoms with Crippen molar-refractivity contribution < 1.29 is 4.79 Å². The van der Waals surface area contributed by atoms with Crippen LogP contribution in [0, 0.1) is 5.92 Å². The smallest absolute Gasteiger partial charge is 0.224 e. The van der Waals surface area contributed by atoms with E-state index in [1.165, 1.54) is 48.1 Å². The van der Waals surface area contributed by atoms with E-state index < -0.39 is 0 Å². The lowest BCUT2D eigenvalue weighted by Crippen LogP contribution is -2.36. The van der Waals surface area contributed by atoms with Gasteiger partial charge < -0.3 is 9.88 Å². The summed E-state index contributed by atoms with van der Waals surface area (Å²) in [6.45, 7) is 2.98. The standard InChI is InChI=1S/C20H25N3O/c1-14(16-7-6-15-4-2-3-5-17(15)10-16)22-20(24)18-8-9-23-13-21-12-19(23)11-18/h6-7,10,12-14,18H,2-5,8-9,11H2,1H3,(H,22,24)/t14-,18+/m1/s1. The van der Waals surface area contributed by atoms with Gasteiger partial charge in [-0.15, -0.1) is 0 Å². The lowest BCUT2D eigenvalue weighted by atomic mass is 9.89. The highest BCUT2D eigenvalue weighted by Gasteiger charge is 2.26. The molecule has 1 aliphatic carbocycles. The van der Waals surface area contributed by atoms with Crippen molar-refractivity contribution in [1.29, 1.82) is 0 Å². The second-order valence-electron chi connectivity index (χ2n) is 7.23. The lowest BCUT2D eigenvalue weighted by Gasteiger charge is -2.25. The molecular weight excluding hydrogens is 298 g/mol. The maximum Gasteiger partial charge on any atom is 0.224 e. The minimum Gasteiger partial charge on any atom is -0.349 e. The maximum atomic E-state index is 12.7. The van der Waals surface area contributed by atoms with Crippen LogP contribution in [0.5, 0.6) is 0 Å². The zero-order valence-electron chi connectivity index (χ0n) is 14.3. The van der Waals surface area contributed by atoms with Gasteiger partial charge in [-0.3, -0.25) is 4.79 Å². The van der Waals surface area contributed by atoms with Gasteiger partial charge in [0.1, 0.15) is 0 Å². The van der Waals surface area contributed by atoms with Gasteiger partial charge in [0, 0.05) is 30.8 Å². The highest BCUT2D eigenvalue weighted by Crippen LogP contribution is 2.26. The van der Waals surface area contributed by atoms with Crippen LogP contribution in [0.1, 0.15) is 54.6 Å². The van der Waals surface area contributed by atoms with Gasteiger partial charge in [-0.2, -0.15) is 0 Å². The normalized spacial score (nSPS) is 20.8. The van der Waals surface area contributed by atoms with Crippen molar-refractivity contribution in [2.24, 2.45) is 5.92 Å². The minimum atomic E-state index is 0.0641. The molecule has 0 saturated carbocycles. The van der Waals surface area contributed by atoms with Crippen LogP contribution in [0.15, 0.2) is 30.7 Å². The van der Waals surface area contributed by atoms with Crippen LogP contribution in [0.25, 0.3) is 0 Å². The molecular formula is C20H25N3O. The molecule has 1 aliphatic heterocycles. The molecule has 4 rings (SSSR count). The van der Waals surface area contributed by atoms with Crippen molar-refractivity contribution >= 4 is 5.91 Å². The average molecular weight is 323 g/mol. The molecule has 126 valence electrons. The molecule has 4 nitrogen and oxygen atoms in total. The van der Waals surface area contributed by atoms with E-state index in [1.807, 2.05) is 12.5 Å². The van der Waals surface area contributed by atoms with Gasteiger partial charge in [-0.05, 0) is 55.7 Å². The molecule has 1 N–H and O–H groups in total. The first-order chi connectivity index (χ1) is 11.7. The zero-order chi connectivity index (χ0) is 16.5. The van der Waals surface area contributed by atoms with E-state index in [-0.39, 0.29) is 17.9 Å². The summed E-state index contributed by atoms with van der Waals surface area (Å²) >= 11 is 0. The molecule has 0 radical (unpaired) electrons. The molecule has 2 aliphatic rings. The first kappa shape index (κ1) is 15.4. The van der Waals surface area contributed by atoms with Crippen molar-refractivity contribution in [3.8, 4) is 0 Å². The highest BCUT2D eigenvalue weighted by atomic mass is 16.1. The second kappa shape index (κ2) is 6.42. The molecule has 4 heteroatoms. The molecule has 0 fully saturated rings. The Balaban J connectivity index is 1.42. The largest absolute Gasteiger partial charge is 0.349 e. The minimum absolute atomic E-state index is 0.0641. The predicted molar refractivity (Wildman–Crippen MR) is 93.7 cm³/mol. The van der Waals surface area contributed by atoms with Crippen LogP contribution in [0.4, 0.5) is 0 Å². The molecule has 2 aromatic rings. The molecule has 2 atom stereocenters. The summed E-state index contributed by atoms with van der Waals surface area (Å²) in [5.74, 6) is 0.238. The van der Waals surface area contributed by atoms with E-state index in [2.05, 4.69) is 40.0 Å². The van der Waals surface area contributed by atoms with E-state index >= 15 is 0 Å². The fraction of sp³-hybridized carbons (Fsp3) is 0.500. The van der Waals surface area contributed by atoms with Crippen molar-refractivity contribution in [1.82, 2.24) is 14.9 Å². The summed E-state index contributed by atoms with van der Waals surface area (Å²) in [4.78, 5) is 16.8. The molecule has 2 heterocycles. The molecule has 0 unspecified atom stereocenters. The third-order valence-corrected chi connectivity index (χ3v) is 5.57. The molecule has 1 aromatic carbocycles. The quantitative estimate of drug-likeness (QED) is 0.943. The number of imidazole rings is 1. The number of aryl methyl sites for hydroxylation is 3. The van der Waals surface area contributed by atoms with Gasteiger partial charge in [0.25, 0.3) is 0 Å². The van der Waals surface area contributed by atoms with E-state index in [9.17, 15) is 4.79 Å². The fourth-order valence-corrected chi connectivity index (χ4v) is 4.03. The summed E-state index contributed by atoms with van der Waals surface area (Å²) < 4.78 is 2.15. The van der Waals surface area contributed by atoms with Gasteiger partial charge in [0.05, 0.1) is 12.4 Å². The van der Waals surface area contributed by atoms with Gasteiger partial charge in [-0.25, -0.2) is 4.98 Å². The lowest BCUT2D eigenvalue weighted by molar-refractivity contribution is -0.126. The first-order valence-corrected chi connectivity index (χ1v) is 9.12. The predicted octanol–water partition coefficient (Wildman–Crippen LogP) is 3.20. The Hall–Kier alpha value is -2.10. The van der Waals surface area contributed by atoms with Gasteiger partial charge in [0.2, 0.25) is 5.91 Å². The fourth-order valence-electron chi connectivity index (χ4n) is 4.03. The molecule has 0 saturated heterocycles. The highest BCUT2D eigenvalue weighted by molar-refractivity contribution is 5.79. The van der Waals surface area contributed by atoms with Crippen LogP contribution in [0.3, 0.4) is 0 Å². The van der Waals surface area contributed by atoms with E-state index in [1.54, 1.807) is 0 Å². The Bertz CT molecular complexity index is 749. The third kappa shape index (κ3) is 2.97. The first-order valence-electron chi connectivity index (χ1n) is 9.12. The van der Waals surface area contributed by atoms with E-state index in [0.29, 0.717) is 0 Å². The summed E-state index contributed by atoms with van der Waals surface area (Å²) in [5, 5.41) is 3.23. The van der Waals surface area contributed by atoms with Crippen molar-refractivity contribution in [2.45, 2.75) is 58.0 Å². The Morgan fingerprint density at radius 1 is 1.29 bits per heavy atom. The number of hydrogen-bond acceptors (Lipinski definition) is 2. The van der Waals surface area contributed by atoms with Crippen LogP contribution >= 0.6 is 0 Å². The van der Waals surface area contributed by atoms with Crippen LogP contribution in [0.2, 0.25) is 0 Å². The number of nitrogens with zero attached hydrogens (tertiary/aromatic N) is 2. The maximum absolute atomic E-state index is 12.7. The summed E-state index contributed by atoms with van der Waals surface area (Å²) in [6.07, 6.45) is 10.4. The summed E-state index contributed by atoms with van der Waals surface area (Å²) in [7, 11) is 0. The van der Waals surface area contributed by atoms with Gasteiger partial charge >= 0.3 is 0 Å². The van der Waals surface area contributed by atoms with E-state index in [0.717, 1.165) is 19.4 Å². The van der Waals surface area contributed by atoms with Crippen molar-refractivity contribution in [2.75, 3.05) is 0 Å². The zero-order valence-corrected chi connectivity index (χ0v) is 14.3. The van der Waals surface area contributed by atoms with Crippen LogP contribution in [-0.4, -0.2) is 15.5 Å². The van der Waals surface area contributed by atoms with Gasteiger partial charge in [0.15, 0.2) is 0 Å². The number of benzene rings is 1. The topological polar surface area (TPSA) is 46.9 Å². The van der Waals surface area contributed by atoms with Crippen molar-refractivity contribution in [3.05, 3.63) is 53.1 Å². The number of carbonyl (C=O) groups is 1. The molecule has 0 bridgehead atoms. The second-order valence-corrected chi connectivity index (χ2v) is 7.23. The third-order valence-electron chi connectivity index (χ3n) is 5.57. The van der Waals surface area contributed by atoms with Gasteiger partial charge in [-0.1, -0.05) is 18.2 Å². The summed E-state index contributed by atoms with van der Waals surface area (Å²) in [5.41, 5.74) is 5.36. The van der Waals surface area contributed by atoms with Crippen LogP contribution < -0.4 is 5.32 Å². The molecule has 0 spiro atoms. The SMILES string of the molecule is C[C@@H](NC(=O)[C@H]1CCn2cncc2C1)c1ccc2c(c1)CCCC2. The average Bonchev–Trinajstić information content (AvgIpc) is 3.08. The number of nitrogens with one attached hydrogen (secondary N) is 1. The molecule has 1 aromatic heterocycles. The molecule has 24 heavy (non-hydrogen) atoms. The Morgan fingerprint density at radius 2 is 2.12 bits per heavy atom. The Kier molecular flexibility index (Phi) is 4.13. The van der Waals surface area contributed by atoms with E-state index in [4.69, 9.17) is 0 Å². The number of amides is 1. The number of hydrogen-bond donors (Lipinski definition) is 1. The Labute approximate surface area is 143 Å².